The molecule has 1 N–H and O–H groups in total. The lowest BCUT2D eigenvalue weighted by atomic mass is 9.97. The Morgan fingerprint density at radius 3 is 2.70 bits per heavy atom. The lowest BCUT2D eigenvalue weighted by Crippen LogP contribution is -2.55. The molecule has 8 nitrogen and oxygen atoms in total. The third kappa shape index (κ3) is 3.52. The van der Waals surface area contributed by atoms with E-state index < -0.39 is 67.0 Å². The fourth-order valence-electron chi connectivity index (χ4n) is 2.80. The second kappa shape index (κ2) is 7.05. The molecule has 0 saturated carbocycles. The maximum atomic E-state index is 15.0. The highest BCUT2D eigenvalue weighted by Crippen LogP contribution is 2.61. The van der Waals surface area contributed by atoms with Gasteiger partial charge in [0.05, 0.1) is 18.9 Å². The predicted octanol–water partition coefficient (Wildman–Crippen LogP) is 1.61. The number of rotatable bonds is 4. The molecule has 14 heteroatoms. The van der Waals surface area contributed by atoms with Crippen molar-refractivity contribution in [2.45, 2.75) is 50.5 Å². The first-order valence-electron chi connectivity index (χ1n) is 7.71. The van der Waals surface area contributed by atoms with Crippen molar-refractivity contribution in [3.63, 3.8) is 0 Å². The molecule has 1 unspecified atom stereocenters. The maximum Gasteiger partial charge on any atom is 0.330 e. The molecular weight excluding hydrogens is 419 g/mol. The van der Waals surface area contributed by atoms with Crippen LogP contribution in [0.15, 0.2) is 15.8 Å². The van der Waals surface area contributed by atoms with Crippen molar-refractivity contribution in [1.82, 2.24) is 9.55 Å². The number of fused-ring (bicyclic) bond motifs is 1. The first-order valence-corrected chi connectivity index (χ1v) is 10.3. The summed E-state index contributed by atoms with van der Waals surface area (Å²) in [6.45, 7) is -1.20. The first kappa shape index (κ1) is 20.6. The highest BCUT2D eigenvalue weighted by molar-refractivity contribution is 8.07. The number of hydrogen-bond donors (Lipinski definition) is 1. The van der Waals surface area contributed by atoms with Gasteiger partial charge in [0.2, 0.25) is 5.82 Å². The van der Waals surface area contributed by atoms with Crippen molar-refractivity contribution in [2.24, 2.45) is 0 Å². The van der Waals surface area contributed by atoms with Gasteiger partial charge in [-0.15, -0.1) is 0 Å². The number of hydrogen-bond acceptors (Lipinski definition) is 7. The van der Waals surface area contributed by atoms with Crippen molar-refractivity contribution in [2.75, 3.05) is 6.61 Å². The highest BCUT2D eigenvalue weighted by Gasteiger charge is 2.67. The largest absolute Gasteiger partial charge is 0.337 e. The van der Waals surface area contributed by atoms with Gasteiger partial charge in [-0.05, 0) is 25.7 Å². The Labute approximate surface area is 154 Å². The average Bonchev–Trinajstić information content (AvgIpc) is 2.84. The number of ether oxygens (including phenoxy) is 1. The van der Waals surface area contributed by atoms with Gasteiger partial charge < -0.3 is 13.8 Å². The second-order valence-corrected chi connectivity index (χ2v) is 9.17. The first-order chi connectivity index (χ1) is 12.5. The van der Waals surface area contributed by atoms with Crippen LogP contribution in [0, 0.1) is 5.82 Å². The molecule has 2 aliphatic rings. The summed E-state index contributed by atoms with van der Waals surface area (Å²) in [7, 11) is 0. The molecule has 2 fully saturated rings. The van der Waals surface area contributed by atoms with Crippen LogP contribution >= 0.6 is 6.72 Å². The maximum absolute atomic E-state index is 15.0. The number of nitrogens with one attached hydrogen (secondary N) is 1. The van der Waals surface area contributed by atoms with Gasteiger partial charge in [-0.2, -0.15) is 4.39 Å². The Morgan fingerprint density at radius 1 is 1.44 bits per heavy atom. The van der Waals surface area contributed by atoms with Crippen molar-refractivity contribution in [1.29, 1.82) is 0 Å². The van der Waals surface area contributed by atoms with E-state index in [4.69, 9.17) is 30.1 Å². The van der Waals surface area contributed by atoms with Gasteiger partial charge in [0, 0.05) is 0 Å². The Morgan fingerprint density at radius 2 is 2.11 bits per heavy atom. The van der Waals surface area contributed by atoms with Crippen molar-refractivity contribution < 1.29 is 35.9 Å². The number of aromatic nitrogens is 2. The minimum absolute atomic E-state index is 0.333. The molecule has 1 aromatic heterocycles. The molecule has 0 amide bonds. The minimum Gasteiger partial charge on any atom is -0.337 e. The Balaban J connectivity index is 2.01. The van der Waals surface area contributed by atoms with E-state index in [1.165, 1.54) is 0 Å². The van der Waals surface area contributed by atoms with Crippen LogP contribution in [-0.2, 0) is 30.1 Å². The summed E-state index contributed by atoms with van der Waals surface area (Å²) in [6, 6.07) is 0. The van der Waals surface area contributed by atoms with Gasteiger partial charge >= 0.3 is 12.4 Å². The van der Waals surface area contributed by atoms with Crippen LogP contribution < -0.4 is 11.2 Å². The quantitative estimate of drug-likeness (QED) is 0.569. The van der Waals surface area contributed by atoms with Crippen LogP contribution in [0.3, 0.4) is 0 Å². The van der Waals surface area contributed by atoms with Gasteiger partial charge in [0.25, 0.3) is 12.0 Å². The van der Waals surface area contributed by atoms with E-state index in [1.54, 1.807) is 18.8 Å². The molecule has 2 saturated heterocycles. The number of alkyl halides is 3. The molecule has 0 bridgehead atoms. The topological polar surface area (TPSA) is 91.8 Å². The summed E-state index contributed by atoms with van der Waals surface area (Å²) in [6.07, 6.45) is -9.66. The second-order valence-electron chi connectivity index (χ2n) is 6.25. The van der Waals surface area contributed by atoms with E-state index in [0.717, 1.165) is 0 Å². The molecule has 5 atom stereocenters. The molecule has 27 heavy (non-hydrogen) atoms. The average molecular weight is 434 g/mol. The van der Waals surface area contributed by atoms with Crippen LogP contribution in [0.2, 0.25) is 0 Å². The van der Waals surface area contributed by atoms with Crippen molar-refractivity contribution >= 4 is 18.5 Å². The van der Waals surface area contributed by atoms with Crippen LogP contribution in [0.25, 0.3) is 0 Å². The van der Waals surface area contributed by atoms with E-state index in [1.807, 2.05) is 0 Å². The van der Waals surface area contributed by atoms with Crippen LogP contribution in [0.1, 0.15) is 20.1 Å². The number of halogens is 4. The van der Waals surface area contributed by atoms with Crippen LogP contribution in [-0.4, -0.2) is 46.6 Å². The molecule has 3 heterocycles. The molecular formula is C13H15F4N2O6PS. The highest BCUT2D eigenvalue weighted by atomic mass is 32.5. The number of H-pyrrole nitrogens is 1. The smallest absolute Gasteiger partial charge is 0.330 e. The third-order valence-corrected chi connectivity index (χ3v) is 6.43. The zero-order chi connectivity index (χ0) is 20.1. The Hall–Kier alpha value is -1.11. The number of nitrogens with zero attached hydrogens (tertiary/aromatic N) is 1. The normalized spacial score (nSPS) is 36.4. The SMILES string of the molecule is CC(C)OP1(=S)OC[C@@]2(C(F)F)O[C@@H](n3cc(F)c(=O)[nH]c3=O)[C@H](F)[C@@H]2O1. The van der Waals surface area contributed by atoms with E-state index in [0.29, 0.717) is 10.8 Å². The molecule has 2 aliphatic heterocycles. The molecule has 0 aliphatic carbocycles. The van der Waals surface area contributed by atoms with Crippen LogP contribution in [0.5, 0.6) is 0 Å². The molecule has 0 radical (unpaired) electrons. The summed E-state index contributed by atoms with van der Waals surface area (Å²) < 4.78 is 77.2. The number of aromatic amines is 1. The van der Waals surface area contributed by atoms with Gasteiger partial charge in [0.1, 0.15) is 6.10 Å². The van der Waals surface area contributed by atoms with E-state index in [-0.39, 0.29) is 0 Å². The molecule has 0 spiro atoms. The zero-order valence-electron chi connectivity index (χ0n) is 13.9. The van der Waals surface area contributed by atoms with E-state index in [9.17, 15) is 22.8 Å². The fourth-order valence-corrected chi connectivity index (χ4v) is 5.37. The zero-order valence-corrected chi connectivity index (χ0v) is 15.6. The van der Waals surface area contributed by atoms with Crippen LogP contribution in [0.4, 0.5) is 17.6 Å². The van der Waals surface area contributed by atoms with Crippen molar-refractivity contribution in [3.05, 3.63) is 32.9 Å². The van der Waals surface area contributed by atoms with Gasteiger partial charge in [-0.25, -0.2) is 18.0 Å². The summed E-state index contributed by atoms with van der Waals surface area (Å²) >= 11 is 5.06. The molecule has 3 rings (SSSR count). The van der Waals surface area contributed by atoms with Gasteiger partial charge in [-0.3, -0.25) is 18.9 Å². The summed E-state index contributed by atoms with van der Waals surface area (Å²) in [5.41, 5.74) is -5.17. The van der Waals surface area contributed by atoms with E-state index >= 15 is 4.39 Å². The summed E-state index contributed by atoms with van der Waals surface area (Å²) in [4.78, 5) is 24.6. The predicted molar refractivity (Wildman–Crippen MR) is 86.4 cm³/mol. The Kier molecular flexibility index (Phi) is 5.38. The molecule has 0 aromatic carbocycles. The van der Waals surface area contributed by atoms with Gasteiger partial charge in [0.15, 0.2) is 18.0 Å². The lowest BCUT2D eigenvalue weighted by Gasteiger charge is -2.41. The summed E-state index contributed by atoms with van der Waals surface area (Å²) in [5.74, 6) is -1.42. The van der Waals surface area contributed by atoms with Crippen molar-refractivity contribution in [3.8, 4) is 0 Å². The molecule has 152 valence electrons. The fraction of sp³-hybridized carbons (Fsp3) is 0.692. The Bertz CT molecular complexity index is 894. The molecule has 1 aromatic rings. The standard InChI is InChI=1S/C13H15F4N2O6PS/c1-5(2)24-26(27)22-4-13(11(16)17)8(25-26)7(15)10(23-13)19-3-6(14)9(20)18-12(19)21/h3,5,7-8,10-11H,4H2,1-2H3,(H,18,20,21)/t7-,8+,10-,13-,26?/m1/s1. The monoisotopic (exact) mass is 434 g/mol. The van der Waals surface area contributed by atoms with E-state index in [2.05, 4.69) is 0 Å². The third-order valence-electron chi connectivity index (χ3n) is 3.98. The minimum atomic E-state index is -3.55. The summed E-state index contributed by atoms with van der Waals surface area (Å²) in [5, 5.41) is 0. The van der Waals surface area contributed by atoms with Gasteiger partial charge in [-0.1, -0.05) is 0 Å². The lowest BCUT2D eigenvalue weighted by molar-refractivity contribution is -0.204.